The Bertz CT molecular complexity index is 1530. The summed E-state index contributed by atoms with van der Waals surface area (Å²) in [5.74, 6) is 0.667. The van der Waals surface area contributed by atoms with Crippen molar-refractivity contribution in [3.05, 3.63) is 77.8 Å². The van der Waals surface area contributed by atoms with Crippen molar-refractivity contribution in [1.82, 2.24) is 19.2 Å². The molecule has 5 rings (SSSR count). The van der Waals surface area contributed by atoms with Crippen molar-refractivity contribution in [3.8, 4) is 11.8 Å². The van der Waals surface area contributed by atoms with Crippen molar-refractivity contribution in [1.29, 1.82) is 5.41 Å². The Kier molecular flexibility index (Phi) is 6.48. The number of nitrogens with one attached hydrogen (secondary N) is 1. The second-order valence-corrected chi connectivity index (χ2v) is 8.00. The lowest BCUT2D eigenvalue weighted by Crippen LogP contribution is -2.19. The molecule has 0 atom stereocenters. The minimum Gasteiger partial charge on any atom is -0.474 e. The van der Waals surface area contributed by atoms with Crippen LogP contribution in [-0.4, -0.2) is 67.3 Å². The number of pyridine rings is 2. The number of nitrogens with zero attached hydrogens (tertiary/aromatic N) is 5. The highest BCUT2D eigenvalue weighted by Gasteiger charge is 2.22. The second-order valence-electron chi connectivity index (χ2n) is 8.00. The van der Waals surface area contributed by atoms with Crippen molar-refractivity contribution in [2.75, 3.05) is 26.4 Å². The Balaban J connectivity index is 1.56. The summed E-state index contributed by atoms with van der Waals surface area (Å²) in [6.45, 7) is -0.113. The van der Waals surface area contributed by atoms with Crippen molar-refractivity contribution in [3.63, 3.8) is 0 Å². The number of nitrogens with two attached hydrogens (primary N) is 1. The van der Waals surface area contributed by atoms with Gasteiger partial charge in [-0.2, -0.15) is 0 Å². The summed E-state index contributed by atoms with van der Waals surface area (Å²) < 4.78 is 14.7. The van der Waals surface area contributed by atoms with Crippen LogP contribution in [-0.2, 0) is 6.42 Å². The molecule has 11 heteroatoms. The fourth-order valence-electron chi connectivity index (χ4n) is 3.96. The van der Waals surface area contributed by atoms with Crippen molar-refractivity contribution in [2.45, 2.75) is 6.42 Å². The number of aromatic nitrogens is 4. The molecular formula is C25H25N7O4. The zero-order valence-corrected chi connectivity index (χ0v) is 19.3. The number of rotatable bonds is 9. The minimum atomic E-state index is -0.159. The van der Waals surface area contributed by atoms with Crippen LogP contribution in [0.4, 0.5) is 5.69 Å². The first-order valence-electron chi connectivity index (χ1n) is 11.4. The fraction of sp³-hybridized carbons (Fsp3) is 0.200. The van der Waals surface area contributed by atoms with Crippen LogP contribution in [0.5, 0.6) is 11.8 Å². The predicted molar refractivity (Wildman–Crippen MR) is 134 cm³/mol. The number of aliphatic hydroxyl groups is 2. The molecule has 0 aromatic carbocycles. The van der Waals surface area contributed by atoms with E-state index in [2.05, 4.69) is 10.2 Å². The van der Waals surface area contributed by atoms with Gasteiger partial charge >= 0.3 is 0 Å². The molecule has 0 unspecified atom stereocenters. The number of fused-ring (bicyclic) bond motifs is 2. The van der Waals surface area contributed by atoms with Crippen LogP contribution in [0, 0.1) is 5.41 Å². The molecule has 0 fully saturated rings. The third kappa shape index (κ3) is 4.44. The standard InChI is InChI=1S/C25H25N7O4/c26-18-15-19(27)20(28-23-22-6-2-4-8-32(22)30-25(23)36-12-10-34)14-16(18)13-17-21-5-1-3-7-31(21)29-24(17)35-11-9-33/h1-8,14-15,26,33-34H,9-13,27H2. The number of hydrogen-bond acceptors (Lipinski definition) is 9. The van der Waals surface area contributed by atoms with Gasteiger partial charge in [0.15, 0.2) is 5.69 Å². The highest BCUT2D eigenvalue weighted by atomic mass is 16.5. The highest BCUT2D eigenvalue weighted by Crippen LogP contribution is 2.33. The lowest BCUT2D eigenvalue weighted by Gasteiger charge is -2.15. The van der Waals surface area contributed by atoms with Gasteiger partial charge in [0.1, 0.15) is 13.2 Å². The molecule has 4 aromatic rings. The average molecular weight is 488 g/mol. The van der Waals surface area contributed by atoms with E-state index in [4.69, 9.17) is 25.6 Å². The van der Waals surface area contributed by atoms with E-state index in [1.165, 1.54) is 0 Å². The van der Waals surface area contributed by atoms with E-state index in [9.17, 15) is 10.2 Å². The zero-order valence-electron chi connectivity index (χ0n) is 19.3. The maximum absolute atomic E-state index is 9.22. The Morgan fingerprint density at radius 2 is 1.53 bits per heavy atom. The van der Waals surface area contributed by atoms with E-state index in [1.807, 2.05) is 42.6 Å². The number of hydrogen-bond donors (Lipinski definition) is 4. The molecule has 36 heavy (non-hydrogen) atoms. The Labute approximate surface area is 205 Å². The molecule has 11 nitrogen and oxygen atoms in total. The number of allylic oxidation sites excluding steroid dienone is 3. The summed E-state index contributed by atoms with van der Waals surface area (Å²) in [4.78, 5) is 4.76. The molecule has 0 amide bonds. The molecule has 0 radical (unpaired) electrons. The predicted octanol–water partition coefficient (Wildman–Crippen LogP) is 1.84. The molecule has 0 spiro atoms. The van der Waals surface area contributed by atoms with Gasteiger partial charge in [-0.25, -0.2) is 14.0 Å². The van der Waals surface area contributed by atoms with E-state index in [-0.39, 0.29) is 38.0 Å². The van der Waals surface area contributed by atoms with Crippen LogP contribution in [0.15, 0.2) is 77.2 Å². The minimum absolute atomic E-state index is 0.0736. The summed E-state index contributed by atoms with van der Waals surface area (Å²) in [7, 11) is 0. The first-order chi connectivity index (χ1) is 17.6. The van der Waals surface area contributed by atoms with Gasteiger partial charge < -0.3 is 30.8 Å². The zero-order chi connectivity index (χ0) is 25.1. The monoisotopic (exact) mass is 487 g/mol. The number of ether oxygens (including phenoxy) is 2. The molecule has 5 N–H and O–H groups in total. The largest absolute Gasteiger partial charge is 0.474 e. The maximum Gasteiger partial charge on any atom is 0.260 e. The molecule has 1 aliphatic carbocycles. The molecule has 0 bridgehead atoms. The first-order valence-corrected chi connectivity index (χ1v) is 11.4. The lowest BCUT2D eigenvalue weighted by atomic mass is 9.94. The topological polar surface area (TPSA) is 156 Å². The molecule has 184 valence electrons. The highest BCUT2D eigenvalue weighted by molar-refractivity contribution is 6.23. The Morgan fingerprint density at radius 1 is 0.889 bits per heavy atom. The fourth-order valence-corrected chi connectivity index (χ4v) is 3.96. The average Bonchev–Trinajstić information content (AvgIpc) is 3.42. The molecule has 4 aromatic heterocycles. The Morgan fingerprint density at radius 3 is 2.25 bits per heavy atom. The van der Waals surface area contributed by atoms with E-state index in [0.717, 1.165) is 11.1 Å². The van der Waals surface area contributed by atoms with Gasteiger partial charge in [-0.3, -0.25) is 0 Å². The quantitative estimate of drug-likeness (QED) is 0.263. The molecule has 0 aliphatic heterocycles. The third-order valence-electron chi connectivity index (χ3n) is 5.60. The van der Waals surface area contributed by atoms with E-state index >= 15 is 0 Å². The van der Waals surface area contributed by atoms with Crippen LogP contribution < -0.4 is 15.2 Å². The smallest absolute Gasteiger partial charge is 0.260 e. The van der Waals surface area contributed by atoms with Gasteiger partial charge in [0.2, 0.25) is 5.88 Å². The van der Waals surface area contributed by atoms with Gasteiger partial charge in [0.05, 0.1) is 41.4 Å². The number of aliphatic imine (C=N–C) groups is 1. The summed E-state index contributed by atoms with van der Waals surface area (Å²) in [6, 6.07) is 11.3. The summed E-state index contributed by atoms with van der Waals surface area (Å²) in [5.41, 5.74) is 10.8. The van der Waals surface area contributed by atoms with Crippen LogP contribution in [0.2, 0.25) is 0 Å². The summed E-state index contributed by atoms with van der Waals surface area (Å²) in [5, 5.41) is 35.9. The van der Waals surface area contributed by atoms with Crippen LogP contribution in [0.3, 0.4) is 0 Å². The summed E-state index contributed by atoms with van der Waals surface area (Å²) >= 11 is 0. The van der Waals surface area contributed by atoms with E-state index in [1.54, 1.807) is 27.4 Å². The van der Waals surface area contributed by atoms with Crippen LogP contribution in [0.25, 0.3) is 11.0 Å². The third-order valence-corrected chi connectivity index (χ3v) is 5.60. The normalized spacial score (nSPS) is 14.9. The SMILES string of the molecule is N=C1C=C(N)C(=Nc2c(OCCO)nn3ccccc23)C=C1Cc1c(OCCO)nn2ccccc12. The van der Waals surface area contributed by atoms with Gasteiger partial charge in [0.25, 0.3) is 5.88 Å². The van der Waals surface area contributed by atoms with Crippen LogP contribution >= 0.6 is 0 Å². The van der Waals surface area contributed by atoms with Gasteiger partial charge in [-0.1, -0.05) is 12.1 Å². The van der Waals surface area contributed by atoms with Crippen LogP contribution in [0.1, 0.15) is 5.56 Å². The van der Waals surface area contributed by atoms with E-state index in [0.29, 0.717) is 40.5 Å². The molecule has 0 saturated heterocycles. The second kappa shape index (κ2) is 10.0. The van der Waals surface area contributed by atoms with Gasteiger partial charge in [0, 0.05) is 24.4 Å². The summed E-state index contributed by atoms with van der Waals surface area (Å²) in [6.07, 6.45) is 7.27. The lowest BCUT2D eigenvalue weighted by molar-refractivity contribution is 0.195. The molecule has 0 saturated carbocycles. The van der Waals surface area contributed by atoms with Gasteiger partial charge in [-0.15, -0.1) is 10.2 Å². The maximum atomic E-state index is 9.22. The molecule has 4 heterocycles. The first kappa shape index (κ1) is 23.3. The van der Waals surface area contributed by atoms with Crippen molar-refractivity contribution in [2.24, 2.45) is 10.7 Å². The Hall–Kier alpha value is -4.48. The van der Waals surface area contributed by atoms with Gasteiger partial charge in [-0.05, 0) is 42.0 Å². The number of aliphatic hydroxyl groups excluding tert-OH is 2. The molecular weight excluding hydrogens is 462 g/mol. The van der Waals surface area contributed by atoms with E-state index < -0.39 is 0 Å². The van der Waals surface area contributed by atoms with Crippen molar-refractivity contribution >= 4 is 28.1 Å². The van der Waals surface area contributed by atoms with Crippen molar-refractivity contribution < 1.29 is 19.7 Å². The molecule has 1 aliphatic rings.